The summed E-state index contributed by atoms with van der Waals surface area (Å²) in [6, 6.07) is 0.342. The van der Waals surface area contributed by atoms with E-state index in [0.29, 0.717) is 0 Å². The Hall–Kier alpha value is -1.83. The number of aliphatic carboxylic acids is 1. The van der Waals surface area contributed by atoms with Crippen molar-refractivity contribution in [2.24, 2.45) is 0 Å². The van der Waals surface area contributed by atoms with Crippen LogP contribution in [-0.4, -0.2) is 46.9 Å². The summed E-state index contributed by atoms with van der Waals surface area (Å²) in [4.78, 5) is 35.5. The third kappa shape index (κ3) is 2.23. The maximum absolute atomic E-state index is 12.1. The van der Waals surface area contributed by atoms with E-state index in [0.717, 1.165) is 4.90 Å². The molecule has 1 aromatic heterocycles. The molecule has 1 saturated heterocycles. The Balaban J connectivity index is 2.28. The maximum Gasteiger partial charge on any atom is 0.328 e. The summed E-state index contributed by atoms with van der Waals surface area (Å²) in [6.07, 6.45) is 1.30. The Morgan fingerprint density at radius 1 is 1.56 bits per heavy atom. The van der Waals surface area contributed by atoms with Gasteiger partial charge in [0.15, 0.2) is 4.67 Å². The van der Waals surface area contributed by atoms with E-state index in [1.165, 1.54) is 12.3 Å². The minimum absolute atomic E-state index is 0.102. The first-order valence-corrected chi connectivity index (χ1v) is 5.83. The fourth-order valence-electron chi connectivity index (χ4n) is 1.68. The monoisotopic (exact) mass is 316 g/mol. The van der Waals surface area contributed by atoms with Crippen LogP contribution < -0.4 is 5.32 Å². The van der Waals surface area contributed by atoms with Crippen LogP contribution in [0.3, 0.4) is 0 Å². The first-order chi connectivity index (χ1) is 8.50. The molecule has 1 atom stereocenters. The van der Waals surface area contributed by atoms with Crippen LogP contribution in [0.1, 0.15) is 10.4 Å². The van der Waals surface area contributed by atoms with Crippen LogP contribution in [0, 0.1) is 0 Å². The van der Waals surface area contributed by atoms with Crippen LogP contribution >= 0.6 is 15.9 Å². The van der Waals surface area contributed by atoms with E-state index in [1.54, 1.807) is 0 Å². The molecule has 2 heterocycles. The summed E-state index contributed by atoms with van der Waals surface area (Å²) in [6.45, 7) is -0.386. The zero-order valence-electron chi connectivity index (χ0n) is 9.05. The number of amides is 2. The number of furan rings is 1. The Morgan fingerprint density at radius 2 is 2.28 bits per heavy atom. The van der Waals surface area contributed by atoms with Crippen molar-refractivity contribution in [3.63, 3.8) is 0 Å². The number of carboxylic acid groups (broad SMARTS) is 1. The van der Waals surface area contributed by atoms with Crippen molar-refractivity contribution < 1.29 is 23.9 Å². The van der Waals surface area contributed by atoms with Crippen LogP contribution in [-0.2, 0) is 9.59 Å². The highest BCUT2D eigenvalue weighted by molar-refractivity contribution is 9.10. The van der Waals surface area contributed by atoms with Crippen molar-refractivity contribution in [2.75, 3.05) is 13.1 Å². The Bertz CT molecular complexity index is 512. The molecule has 0 saturated carbocycles. The fraction of sp³-hybridized carbons (Fsp3) is 0.300. The molecular weight excluding hydrogens is 308 g/mol. The SMILES string of the molecule is O=C1CN(C(=O)c2ccoc2Br)C(C(=O)O)CN1. The number of piperazine rings is 1. The molecule has 18 heavy (non-hydrogen) atoms. The normalized spacial score (nSPS) is 19.5. The number of halogens is 1. The van der Waals surface area contributed by atoms with Gasteiger partial charge in [0.1, 0.15) is 12.6 Å². The molecule has 0 bridgehead atoms. The standard InChI is InChI=1S/C10H9BrN2O5/c11-8-5(1-2-18-8)9(15)13-4-7(14)12-3-6(13)10(16)17/h1-2,6H,3-4H2,(H,12,14)(H,16,17). The molecule has 1 aromatic rings. The van der Waals surface area contributed by atoms with E-state index in [4.69, 9.17) is 9.52 Å². The average Bonchev–Trinajstić information content (AvgIpc) is 2.74. The molecule has 0 radical (unpaired) electrons. The Kier molecular flexibility index (Phi) is 3.37. The summed E-state index contributed by atoms with van der Waals surface area (Å²) in [5.41, 5.74) is 0.191. The van der Waals surface area contributed by atoms with Gasteiger partial charge in [-0.25, -0.2) is 4.79 Å². The third-order valence-corrected chi connectivity index (χ3v) is 3.19. The molecule has 1 aliphatic rings. The van der Waals surface area contributed by atoms with Gasteiger partial charge in [0.25, 0.3) is 5.91 Å². The fourth-order valence-corrected chi connectivity index (χ4v) is 2.09. The molecule has 2 N–H and O–H groups in total. The summed E-state index contributed by atoms with van der Waals surface area (Å²) >= 11 is 3.04. The quantitative estimate of drug-likeness (QED) is 0.804. The first-order valence-electron chi connectivity index (χ1n) is 5.04. The summed E-state index contributed by atoms with van der Waals surface area (Å²) in [7, 11) is 0. The largest absolute Gasteiger partial charge is 0.480 e. The average molecular weight is 317 g/mol. The lowest BCUT2D eigenvalue weighted by Gasteiger charge is -2.32. The Labute approximate surface area is 110 Å². The van der Waals surface area contributed by atoms with Crippen molar-refractivity contribution in [3.8, 4) is 0 Å². The topological polar surface area (TPSA) is 99.9 Å². The number of hydrogen-bond acceptors (Lipinski definition) is 4. The molecular formula is C10H9BrN2O5. The molecule has 8 heteroatoms. The molecule has 7 nitrogen and oxygen atoms in total. The number of nitrogens with zero attached hydrogens (tertiary/aromatic N) is 1. The van der Waals surface area contributed by atoms with Gasteiger partial charge in [-0.2, -0.15) is 0 Å². The van der Waals surface area contributed by atoms with Gasteiger partial charge >= 0.3 is 5.97 Å². The first kappa shape index (κ1) is 12.6. The van der Waals surface area contributed by atoms with E-state index in [2.05, 4.69) is 21.2 Å². The molecule has 96 valence electrons. The van der Waals surface area contributed by atoms with Gasteiger partial charge < -0.3 is 19.7 Å². The van der Waals surface area contributed by atoms with E-state index in [9.17, 15) is 14.4 Å². The highest BCUT2D eigenvalue weighted by Gasteiger charge is 2.36. The summed E-state index contributed by atoms with van der Waals surface area (Å²) in [5.74, 6) is -2.11. The van der Waals surface area contributed by atoms with Crippen LogP contribution in [0.4, 0.5) is 0 Å². The van der Waals surface area contributed by atoms with E-state index < -0.39 is 17.9 Å². The van der Waals surface area contributed by atoms with Crippen molar-refractivity contribution >= 4 is 33.7 Å². The lowest BCUT2D eigenvalue weighted by molar-refractivity contribution is -0.144. The van der Waals surface area contributed by atoms with Gasteiger partial charge in [-0.05, 0) is 22.0 Å². The number of carbonyl (C=O) groups is 3. The zero-order chi connectivity index (χ0) is 13.3. The Morgan fingerprint density at radius 3 is 2.83 bits per heavy atom. The molecule has 0 aliphatic carbocycles. The molecule has 0 aromatic carbocycles. The van der Waals surface area contributed by atoms with Gasteiger partial charge in [0.2, 0.25) is 5.91 Å². The zero-order valence-corrected chi connectivity index (χ0v) is 10.6. The van der Waals surface area contributed by atoms with Crippen LogP contribution in [0.2, 0.25) is 0 Å². The third-order valence-electron chi connectivity index (χ3n) is 2.58. The predicted octanol–water partition coefficient (Wildman–Crippen LogP) is 0.0673. The van der Waals surface area contributed by atoms with Gasteiger partial charge in [0.05, 0.1) is 11.8 Å². The number of carboxylic acids is 1. The lowest BCUT2D eigenvalue weighted by Crippen LogP contribution is -2.59. The second-order valence-corrected chi connectivity index (χ2v) is 4.42. The summed E-state index contributed by atoms with van der Waals surface area (Å²) in [5, 5.41) is 11.4. The molecule has 2 rings (SSSR count). The number of nitrogens with one attached hydrogen (secondary N) is 1. The molecule has 1 unspecified atom stereocenters. The van der Waals surface area contributed by atoms with Crippen LogP contribution in [0.25, 0.3) is 0 Å². The van der Waals surface area contributed by atoms with Gasteiger partial charge in [0, 0.05) is 6.54 Å². The van der Waals surface area contributed by atoms with E-state index in [-0.39, 0.29) is 29.2 Å². The van der Waals surface area contributed by atoms with Crippen molar-refractivity contribution in [1.29, 1.82) is 0 Å². The molecule has 1 fully saturated rings. The molecule has 0 spiro atoms. The second-order valence-electron chi connectivity index (χ2n) is 3.70. The van der Waals surface area contributed by atoms with Gasteiger partial charge in [-0.3, -0.25) is 9.59 Å². The number of hydrogen-bond donors (Lipinski definition) is 2. The van der Waals surface area contributed by atoms with Crippen molar-refractivity contribution in [1.82, 2.24) is 10.2 Å². The smallest absolute Gasteiger partial charge is 0.328 e. The van der Waals surface area contributed by atoms with Crippen LogP contribution in [0.5, 0.6) is 0 Å². The van der Waals surface area contributed by atoms with Crippen molar-refractivity contribution in [3.05, 3.63) is 22.6 Å². The lowest BCUT2D eigenvalue weighted by atomic mass is 10.1. The van der Waals surface area contributed by atoms with E-state index in [1.807, 2.05) is 0 Å². The molecule has 1 aliphatic heterocycles. The van der Waals surface area contributed by atoms with Gasteiger partial charge in [-0.15, -0.1) is 0 Å². The maximum atomic E-state index is 12.1. The van der Waals surface area contributed by atoms with Gasteiger partial charge in [-0.1, -0.05) is 0 Å². The predicted molar refractivity (Wildman–Crippen MR) is 61.9 cm³/mol. The highest BCUT2D eigenvalue weighted by Crippen LogP contribution is 2.21. The second kappa shape index (κ2) is 4.81. The molecule has 2 amide bonds. The minimum atomic E-state index is -1.16. The van der Waals surface area contributed by atoms with Crippen LogP contribution in [0.15, 0.2) is 21.4 Å². The van der Waals surface area contributed by atoms with E-state index >= 15 is 0 Å². The highest BCUT2D eigenvalue weighted by atomic mass is 79.9. The van der Waals surface area contributed by atoms with Crippen molar-refractivity contribution in [2.45, 2.75) is 6.04 Å². The number of rotatable bonds is 2. The number of carbonyl (C=O) groups excluding carboxylic acids is 2. The summed E-state index contributed by atoms with van der Waals surface area (Å²) < 4.78 is 5.13. The minimum Gasteiger partial charge on any atom is -0.480 e.